The standard InChI is InChI=1S/C10H6F18O3Si/c1-32(29-8(23,24)2(11)5(14,15)16,30-9(25,26)3(12)6(17,18)19)31-10(27,28)4(13)7(20,21)22/h2-4H,1H3. The van der Waals surface area contributed by atoms with E-state index >= 15 is 0 Å². The predicted octanol–water partition coefficient (Wildman–Crippen LogP) is 6.08. The van der Waals surface area contributed by atoms with Gasteiger partial charge in [-0.25, -0.2) is 13.2 Å². The van der Waals surface area contributed by atoms with E-state index in [1.54, 1.807) is 0 Å². The summed E-state index contributed by atoms with van der Waals surface area (Å²) in [6.07, 6.45) is -56.9. The van der Waals surface area contributed by atoms with Gasteiger partial charge in [0.1, 0.15) is 0 Å². The lowest BCUT2D eigenvalue weighted by Gasteiger charge is -2.37. The summed E-state index contributed by atoms with van der Waals surface area (Å²) in [6.45, 7) is -0.933. The molecule has 0 N–H and O–H groups in total. The van der Waals surface area contributed by atoms with Crippen molar-refractivity contribution in [2.24, 2.45) is 0 Å². The summed E-state index contributed by atoms with van der Waals surface area (Å²) in [5.41, 5.74) is 0. The lowest BCUT2D eigenvalue weighted by atomic mass is 10.3. The SMILES string of the molecule is C[Si](OC(F)(F)C(F)C(F)(F)F)(OC(F)(F)C(F)C(F)(F)F)OC(F)(F)C(F)C(F)(F)F. The minimum absolute atomic E-state index is 0.933. The summed E-state index contributed by atoms with van der Waals surface area (Å²) in [5, 5.41) is 0. The average molecular weight is 544 g/mol. The van der Waals surface area contributed by atoms with E-state index in [4.69, 9.17) is 0 Å². The van der Waals surface area contributed by atoms with E-state index < -0.39 is 70.7 Å². The Morgan fingerprint density at radius 2 is 0.594 bits per heavy atom. The Hall–Kier alpha value is -1.16. The molecule has 22 heteroatoms. The highest BCUT2D eigenvalue weighted by molar-refractivity contribution is 6.59. The van der Waals surface area contributed by atoms with Gasteiger partial charge in [0.25, 0.3) is 18.5 Å². The van der Waals surface area contributed by atoms with Crippen LogP contribution in [0.5, 0.6) is 0 Å². The van der Waals surface area contributed by atoms with Gasteiger partial charge >= 0.3 is 45.7 Å². The Bertz CT molecular complexity index is 542. The lowest BCUT2D eigenvalue weighted by Crippen LogP contribution is -2.62. The van der Waals surface area contributed by atoms with Crippen LogP contribution in [0.2, 0.25) is 6.55 Å². The van der Waals surface area contributed by atoms with E-state index in [2.05, 4.69) is 13.3 Å². The van der Waals surface area contributed by atoms with Crippen LogP contribution in [0.4, 0.5) is 79.0 Å². The topological polar surface area (TPSA) is 27.7 Å². The molecule has 0 aromatic heterocycles. The summed E-state index contributed by atoms with van der Waals surface area (Å²) in [6, 6.07) is 0. The monoisotopic (exact) mass is 544 g/mol. The molecule has 0 saturated heterocycles. The van der Waals surface area contributed by atoms with Gasteiger partial charge in [0, 0.05) is 6.55 Å². The Morgan fingerprint density at radius 3 is 0.719 bits per heavy atom. The van der Waals surface area contributed by atoms with E-state index in [-0.39, 0.29) is 0 Å². The Morgan fingerprint density at radius 1 is 0.438 bits per heavy atom. The number of hydrogen-bond donors (Lipinski definition) is 0. The molecule has 0 aliphatic carbocycles. The van der Waals surface area contributed by atoms with Gasteiger partial charge in [0.05, 0.1) is 0 Å². The van der Waals surface area contributed by atoms with Crippen LogP contribution < -0.4 is 0 Å². The summed E-state index contributed by atoms with van der Waals surface area (Å²) in [7, 11) is -7.55. The van der Waals surface area contributed by atoms with Gasteiger partial charge in [0.15, 0.2) is 0 Å². The molecule has 0 aromatic rings. The molecule has 0 radical (unpaired) electrons. The fraction of sp³-hybridized carbons (Fsp3) is 1.00. The van der Waals surface area contributed by atoms with Gasteiger partial charge in [-0.3, -0.25) is 0 Å². The fourth-order valence-corrected chi connectivity index (χ4v) is 3.45. The van der Waals surface area contributed by atoms with Crippen LogP contribution >= 0.6 is 0 Å². The molecule has 3 nitrogen and oxygen atoms in total. The largest absolute Gasteiger partial charge is 0.510 e. The van der Waals surface area contributed by atoms with Crippen LogP contribution in [0.15, 0.2) is 0 Å². The molecule has 0 spiro atoms. The van der Waals surface area contributed by atoms with Gasteiger partial charge in [-0.05, 0) is 0 Å². The second kappa shape index (κ2) is 8.89. The normalized spacial score (nSPS) is 20.0. The first-order valence-electron chi connectivity index (χ1n) is 6.95. The molecule has 3 unspecified atom stereocenters. The number of alkyl halides is 18. The number of rotatable bonds is 9. The highest BCUT2D eigenvalue weighted by atomic mass is 28.4. The van der Waals surface area contributed by atoms with E-state index in [0.29, 0.717) is 0 Å². The highest BCUT2D eigenvalue weighted by Crippen LogP contribution is 2.45. The third kappa shape index (κ3) is 8.00. The van der Waals surface area contributed by atoms with E-state index in [9.17, 15) is 79.0 Å². The predicted molar refractivity (Wildman–Crippen MR) is 62.6 cm³/mol. The van der Waals surface area contributed by atoms with E-state index in [1.807, 2.05) is 0 Å². The van der Waals surface area contributed by atoms with E-state index in [1.165, 1.54) is 0 Å². The van der Waals surface area contributed by atoms with Crippen LogP contribution in [-0.4, -0.2) is 64.2 Å². The molecule has 0 saturated carbocycles. The minimum atomic E-state index is -7.55. The van der Waals surface area contributed by atoms with Gasteiger partial charge < -0.3 is 13.3 Å². The fourth-order valence-electron chi connectivity index (χ4n) is 1.53. The second-order valence-corrected chi connectivity index (χ2v) is 7.90. The smallest absolute Gasteiger partial charge is 0.311 e. The summed E-state index contributed by atoms with van der Waals surface area (Å²) in [5.74, 6) is 0. The zero-order valence-corrected chi connectivity index (χ0v) is 15.3. The summed E-state index contributed by atoms with van der Waals surface area (Å²) in [4.78, 5) is 0. The maximum absolute atomic E-state index is 13.3. The molecule has 0 heterocycles. The van der Waals surface area contributed by atoms with Crippen molar-refractivity contribution in [2.75, 3.05) is 0 Å². The van der Waals surface area contributed by atoms with Crippen LogP contribution in [0.25, 0.3) is 0 Å². The maximum Gasteiger partial charge on any atom is 0.510 e. The molecule has 3 atom stereocenters. The minimum Gasteiger partial charge on any atom is -0.311 e. The maximum atomic E-state index is 13.3. The van der Waals surface area contributed by atoms with Crippen molar-refractivity contribution < 1.29 is 92.3 Å². The Balaban J connectivity index is 6.36. The average Bonchev–Trinajstić information content (AvgIpc) is 2.47. The third-order valence-electron chi connectivity index (χ3n) is 2.71. The van der Waals surface area contributed by atoms with Crippen LogP contribution in [0, 0.1) is 0 Å². The first kappa shape index (κ1) is 30.8. The van der Waals surface area contributed by atoms with Crippen LogP contribution in [0.3, 0.4) is 0 Å². The van der Waals surface area contributed by atoms with Gasteiger partial charge in [-0.2, -0.15) is 65.9 Å². The van der Waals surface area contributed by atoms with Gasteiger partial charge in [-0.15, -0.1) is 0 Å². The molecular formula is C10H6F18O3Si. The second-order valence-electron chi connectivity index (χ2n) is 5.57. The van der Waals surface area contributed by atoms with Crippen molar-refractivity contribution in [3.8, 4) is 0 Å². The first-order chi connectivity index (χ1) is 13.6. The lowest BCUT2D eigenvalue weighted by molar-refractivity contribution is -0.364. The number of halogens is 18. The van der Waals surface area contributed by atoms with E-state index in [0.717, 1.165) is 0 Å². The third-order valence-corrected chi connectivity index (χ3v) is 4.64. The Kier molecular flexibility index (Phi) is 8.56. The van der Waals surface area contributed by atoms with Crippen LogP contribution in [-0.2, 0) is 13.3 Å². The molecular weight excluding hydrogens is 538 g/mol. The van der Waals surface area contributed by atoms with Crippen molar-refractivity contribution in [1.29, 1.82) is 0 Å². The molecule has 0 bridgehead atoms. The molecule has 32 heavy (non-hydrogen) atoms. The van der Waals surface area contributed by atoms with Crippen molar-refractivity contribution in [2.45, 2.75) is 61.9 Å². The summed E-state index contributed by atoms with van der Waals surface area (Å²) >= 11 is 0. The van der Waals surface area contributed by atoms with Crippen molar-refractivity contribution in [3.05, 3.63) is 0 Å². The van der Waals surface area contributed by atoms with Crippen molar-refractivity contribution >= 4 is 8.80 Å². The molecule has 0 aromatic carbocycles. The molecule has 0 amide bonds. The molecule has 0 aliphatic rings. The zero-order valence-electron chi connectivity index (χ0n) is 14.3. The van der Waals surface area contributed by atoms with Crippen LogP contribution in [0.1, 0.15) is 0 Å². The Labute approximate surface area is 164 Å². The quantitative estimate of drug-likeness (QED) is 0.260. The highest BCUT2D eigenvalue weighted by Gasteiger charge is 2.70. The van der Waals surface area contributed by atoms with Crippen molar-refractivity contribution in [1.82, 2.24) is 0 Å². The molecule has 0 aliphatic heterocycles. The van der Waals surface area contributed by atoms with Crippen molar-refractivity contribution in [3.63, 3.8) is 0 Å². The number of hydrogen-bond acceptors (Lipinski definition) is 3. The van der Waals surface area contributed by atoms with Gasteiger partial charge in [0.2, 0.25) is 0 Å². The molecule has 194 valence electrons. The van der Waals surface area contributed by atoms with Gasteiger partial charge in [-0.1, -0.05) is 0 Å². The molecule has 0 fully saturated rings. The zero-order chi connectivity index (χ0) is 26.4. The molecule has 0 rings (SSSR count). The first-order valence-corrected chi connectivity index (χ1v) is 9.17. The summed E-state index contributed by atoms with van der Waals surface area (Å²) < 4.78 is 234.